The predicted molar refractivity (Wildman–Crippen MR) is 72.9 cm³/mol. The molecule has 0 saturated carbocycles. The average molecular weight is 285 g/mol. The Labute approximate surface area is 119 Å². The standard InChI is InChI=1S/C15H10FN2O3/c1-20-15(19)12-3-2-10(16)7-13(12)21-11-6-9-4-5-17-14(9)18-8-11/h2-8H,1H3/q-1. The van der Waals surface area contributed by atoms with Gasteiger partial charge in [-0.2, -0.15) is 0 Å². The van der Waals surface area contributed by atoms with Crippen LogP contribution in [0.4, 0.5) is 4.39 Å². The van der Waals surface area contributed by atoms with Gasteiger partial charge in [0, 0.05) is 6.07 Å². The van der Waals surface area contributed by atoms with Gasteiger partial charge in [0.2, 0.25) is 0 Å². The fourth-order valence-electron chi connectivity index (χ4n) is 1.92. The largest absolute Gasteiger partial charge is 0.465 e. The van der Waals surface area contributed by atoms with E-state index in [-0.39, 0.29) is 11.3 Å². The number of methoxy groups -OCH3 is 1. The van der Waals surface area contributed by atoms with Gasteiger partial charge in [-0.15, -0.1) is 0 Å². The second kappa shape index (κ2) is 5.24. The van der Waals surface area contributed by atoms with Crippen LogP contribution < -0.4 is 9.72 Å². The minimum atomic E-state index is -0.603. The van der Waals surface area contributed by atoms with Crippen LogP contribution in [0, 0.1) is 5.82 Å². The van der Waals surface area contributed by atoms with Crippen LogP contribution in [0.3, 0.4) is 0 Å². The lowest BCUT2D eigenvalue weighted by Crippen LogP contribution is -2.04. The molecule has 0 spiro atoms. The zero-order chi connectivity index (χ0) is 14.8. The quantitative estimate of drug-likeness (QED) is 0.692. The monoisotopic (exact) mass is 285 g/mol. The molecule has 2 heterocycles. The Morgan fingerprint density at radius 3 is 2.95 bits per heavy atom. The summed E-state index contributed by atoms with van der Waals surface area (Å²) in [5, 5.41) is 0.795. The van der Waals surface area contributed by atoms with E-state index in [0.29, 0.717) is 11.4 Å². The van der Waals surface area contributed by atoms with Crippen molar-refractivity contribution in [1.29, 1.82) is 0 Å². The van der Waals surface area contributed by atoms with Crippen LogP contribution in [0.25, 0.3) is 11.0 Å². The summed E-state index contributed by atoms with van der Waals surface area (Å²) < 4.78 is 23.6. The Morgan fingerprint density at radius 1 is 1.29 bits per heavy atom. The summed E-state index contributed by atoms with van der Waals surface area (Å²) in [7, 11) is 1.25. The molecule has 6 heteroatoms. The average Bonchev–Trinajstić information content (AvgIpc) is 2.94. The number of benzene rings is 1. The second-order valence-corrected chi connectivity index (χ2v) is 4.26. The van der Waals surface area contributed by atoms with Gasteiger partial charge in [0.05, 0.1) is 7.11 Å². The fourth-order valence-corrected chi connectivity index (χ4v) is 1.92. The van der Waals surface area contributed by atoms with Crippen molar-refractivity contribution in [1.82, 2.24) is 9.97 Å². The van der Waals surface area contributed by atoms with E-state index in [4.69, 9.17) is 4.74 Å². The molecule has 0 aliphatic heterocycles. The van der Waals surface area contributed by atoms with Crippen LogP contribution in [-0.2, 0) is 4.74 Å². The van der Waals surface area contributed by atoms with Crippen molar-refractivity contribution in [3.05, 3.63) is 54.1 Å². The molecular formula is C15H10FN2O3-. The van der Waals surface area contributed by atoms with Gasteiger partial charge in [-0.1, -0.05) is 17.9 Å². The first-order valence-electron chi connectivity index (χ1n) is 6.10. The minimum Gasteiger partial charge on any atom is -0.465 e. The Kier molecular flexibility index (Phi) is 3.27. The summed E-state index contributed by atoms with van der Waals surface area (Å²) in [5.74, 6) is -0.663. The van der Waals surface area contributed by atoms with Gasteiger partial charge in [0.25, 0.3) is 0 Å². The number of ether oxygens (including phenoxy) is 2. The molecule has 3 rings (SSSR count). The van der Waals surface area contributed by atoms with Gasteiger partial charge in [-0.05, 0) is 29.8 Å². The molecule has 0 N–H and O–H groups in total. The van der Waals surface area contributed by atoms with Crippen molar-refractivity contribution in [2.75, 3.05) is 7.11 Å². The molecule has 106 valence electrons. The zero-order valence-electron chi connectivity index (χ0n) is 11.0. The SMILES string of the molecule is COC(=O)c1ccc(F)cc1Oc1cnc2[n-]ccc2c1. The van der Waals surface area contributed by atoms with Crippen molar-refractivity contribution in [3.63, 3.8) is 0 Å². The molecule has 21 heavy (non-hydrogen) atoms. The van der Waals surface area contributed by atoms with Gasteiger partial charge < -0.3 is 19.4 Å². The second-order valence-electron chi connectivity index (χ2n) is 4.26. The number of rotatable bonds is 3. The van der Waals surface area contributed by atoms with Gasteiger partial charge in [-0.25, -0.2) is 9.18 Å². The van der Waals surface area contributed by atoms with Crippen LogP contribution >= 0.6 is 0 Å². The van der Waals surface area contributed by atoms with E-state index >= 15 is 0 Å². The van der Waals surface area contributed by atoms with Crippen molar-refractivity contribution in [2.45, 2.75) is 0 Å². The first kappa shape index (κ1) is 13.1. The van der Waals surface area contributed by atoms with Gasteiger partial charge in [-0.3, -0.25) is 0 Å². The topological polar surface area (TPSA) is 62.5 Å². The Balaban J connectivity index is 1.99. The number of halogens is 1. The Bertz CT molecular complexity index is 814. The lowest BCUT2D eigenvalue weighted by Gasteiger charge is -2.11. The highest BCUT2D eigenvalue weighted by molar-refractivity contribution is 5.92. The number of nitrogens with zero attached hydrogens (tertiary/aromatic N) is 2. The molecule has 0 fully saturated rings. The lowest BCUT2D eigenvalue weighted by molar-refractivity contribution is 0.0598. The molecular weight excluding hydrogens is 275 g/mol. The molecule has 2 aromatic heterocycles. The van der Waals surface area contributed by atoms with Crippen molar-refractivity contribution in [2.24, 2.45) is 0 Å². The Hall–Kier alpha value is -2.89. The lowest BCUT2D eigenvalue weighted by atomic mass is 10.2. The number of aromatic nitrogens is 2. The molecule has 0 amide bonds. The fraction of sp³-hybridized carbons (Fsp3) is 0.0667. The number of fused-ring (bicyclic) bond motifs is 1. The van der Waals surface area contributed by atoms with Crippen molar-refractivity contribution in [3.8, 4) is 11.5 Å². The molecule has 0 unspecified atom stereocenters. The highest BCUT2D eigenvalue weighted by Gasteiger charge is 2.14. The number of esters is 1. The van der Waals surface area contributed by atoms with E-state index in [0.717, 1.165) is 11.5 Å². The molecule has 5 nitrogen and oxygen atoms in total. The maximum Gasteiger partial charge on any atom is 0.341 e. The number of carbonyl (C=O) groups is 1. The van der Waals surface area contributed by atoms with Crippen LogP contribution in [0.15, 0.2) is 42.7 Å². The highest BCUT2D eigenvalue weighted by atomic mass is 19.1. The predicted octanol–water partition coefficient (Wildman–Crippen LogP) is 2.91. The maximum absolute atomic E-state index is 13.4. The summed E-state index contributed by atoms with van der Waals surface area (Å²) in [4.78, 5) is 19.8. The van der Waals surface area contributed by atoms with E-state index in [1.807, 2.05) is 0 Å². The summed E-state index contributed by atoms with van der Waals surface area (Å²) >= 11 is 0. The molecule has 3 aromatic rings. The summed E-state index contributed by atoms with van der Waals surface area (Å²) in [6, 6.07) is 7.09. The highest BCUT2D eigenvalue weighted by Crippen LogP contribution is 2.28. The van der Waals surface area contributed by atoms with E-state index in [9.17, 15) is 9.18 Å². The van der Waals surface area contributed by atoms with Crippen LogP contribution in [0.5, 0.6) is 11.5 Å². The minimum absolute atomic E-state index is 0.0718. The molecule has 0 atom stereocenters. The normalized spacial score (nSPS) is 10.6. The summed E-state index contributed by atoms with van der Waals surface area (Å²) in [6.07, 6.45) is 3.09. The van der Waals surface area contributed by atoms with Gasteiger partial charge >= 0.3 is 5.97 Å². The molecule has 1 aromatic carbocycles. The van der Waals surface area contributed by atoms with Gasteiger partial charge in [0.1, 0.15) is 22.9 Å². The number of hydrogen-bond acceptors (Lipinski definition) is 4. The third-order valence-corrected chi connectivity index (χ3v) is 2.90. The third-order valence-electron chi connectivity index (χ3n) is 2.90. The van der Waals surface area contributed by atoms with Crippen LogP contribution in [-0.4, -0.2) is 18.1 Å². The van der Waals surface area contributed by atoms with E-state index in [1.165, 1.54) is 25.4 Å². The third kappa shape index (κ3) is 2.55. The number of hydrogen-bond donors (Lipinski definition) is 0. The smallest absolute Gasteiger partial charge is 0.341 e. The number of pyridine rings is 1. The number of carbonyl (C=O) groups excluding carboxylic acids is 1. The summed E-state index contributed by atoms with van der Waals surface area (Å²) in [5.41, 5.74) is 0.731. The van der Waals surface area contributed by atoms with E-state index in [1.54, 1.807) is 18.3 Å². The van der Waals surface area contributed by atoms with E-state index < -0.39 is 11.8 Å². The maximum atomic E-state index is 13.4. The molecule has 0 aliphatic rings. The molecule has 0 radical (unpaired) electrons. The van der Waals surface area contributed by atoms with Crippen molar-refractivity contribution < 1.29 is 18.7 Å². The van der Waals surface area contributed by atoms with Crippen LogP contribution in [0.1, 0.15) is 10.4 Å². The summed E-state index contributed by atoms with van der Waals surface area (Å²) in [6.45, 7) is 0. The molecule has 0 bridgehead atoms. The first-order chi connectivity index (χ1) is 10.2. The van der Waals surface area contributed by atoms with Crippen LogP contribution in [0.2, 0.25) is 0 Å². The zero-order valence-corrected chi connectivity index (χ0v) is 11.0. The Morgan fingerprint density at radius 2 is 2.14 bits per heavy atom. The molecule has 0 saturated heterocycles. The van der Waals surface area contributed by atoms with Crippen molar-refractivity contribution >= 4 is 17.0 Å². The first-order valence-corrected chi connectivity index (χ1v) is 6.10. The van der Waals surface area contributed by atoms with E-state index in [2.05, 4.69) is 14.7 Å². The molecule has 0 aliphatic carbocycles. The van der Waals surface area contributed by atoms with Gasteiger partial charge in [0.15, 0.2) is 0 Å².